The zero-order valence-electron chi connectivity index (χ0n) is 8.76. The predicted octanol–water partition coefficient (Wildman–Crippen LogP) is 2.35. The summed E-state index contributed by atoms with van der Waals surface area (Å²) in [5.41, 5.74) is 8.06. The van der Waals surface area contributed by atoms with Crippen molar-refractivity contribution in [2.24, 2.45) is 16.6 Å². The molecule has 1 unspecified atom stereocenters. The molecule has 0 heterocycles. The third-order valence-corrected chi connectivity index (χ3v) is 1.97. The number of hydrogen-bond donors (Lipinski definition) is 1. The number of hydrogen-bond acceptors (Lipinski definition) is 2. The maximum atomic E-state index is 5.74. The van der Waals surface area contributed by atoms with Crippen LogP contribution in [-0.4, -0.2) is 11.8 Å². The second-order valence-electron chi connectivity index (χ2n) is 3.62. The summed E-state index contributed by atoms with van der Waals surface area (Å²) in [4.78, 5) is 4.32. The van der Waals surface area contributed by atoms with E-state index in [9.17, 15) is 0 Å². The molecule has 0 radical (unpaired) electrons. The van der Waals surface area contributed by atoms with Gasteiger partial charge in [-0.25, -0.2) is 0 Å². The lowest BCUT2D eigenvalue weighted by molar-refractivity contribution is 0.610. The van der Waals surface area contributed by atoms with E-state index in [1.807, 2.05) is 33.9 Å². The fourth-order valence-electron chi connectivity index (χ4n) is 0.729. The summed E-state index contributed by atoms with van der Waals surface area (Å²) in [7, 11) is 0. The summed E-state index contributed by atoms with van der Waals surface area (Å²) in [6.45, 7) is 10.2. The highest BCUT2D eigenvalue weighted by atomic mass is 14.7. The number of nitrogens with two attached hydrogens (primary N) is 1. The van der Waals surface area contributed by atoms with Crippen molar-refractivity contribution in [1.29, 1.82) is 0 Å². The van der Waals surface area contributed by atoms with E-state index in [2.05, 4.69) is 11.9 Å². The Hall–Kier alpha value is -0.630. The van der Waals surface area contributed by atoms with Gasteiger partial charge in [0.25, 0.3) is 0 Å². The zero-order valence-corrected chi connectivity index (χ0v) is 8.76. The van der Waals surface area contributed by atoms with Crippen LogP contribution in [0, 0.1) is 5.92 Å². The molecule has 2 atom stereocenters. The van der Waals surface area contributed by atoms with Gasteiger partial charge in [0.2, 0.25) is 0 Å². The first-order valence-electron chi connectivity index (χ1n) is 4.38. The van der Waals surface area contributed by atoms with Gasteiger partial charge in [0, 0.05) is 23.9 Å². The van der Waals surface area contributed by atoms with Crippen molar-refractivity contribution in [3.8, 4) is 0 Å². The molecule has 0 aliphatic heterocycles. The highest BCUT2D eigenvalue weighted by Crippen LogP contribution is 2.03. The van der Waals surface area contributed by atoms with E-state index in [4.69, 9.17) is 5.73 Å². The summed E-state index contributed by atoms with van der Waals surface area (Å²) in [6.07, 6.45) is 1.88. The molecule has 2 N–H and O–H groups in total. The third kappa shape index (κ3) is 4.29. The molecule has 0 aliphatic rings. The molecule has 0 aliphatic carbocycles. The Kier molecular flexibility index (Phi) is 4.83. The standard InChI is InChI=1S/C10H20N2/c1-7(2)6-12-10(5)8(3)9(4)11/h6,8-9H,11H2,1-5H3/t8?,9-/m1/s1. The summed E-state index contributed by atoms with van der Waals surface area (Å²) >= 11 is 0. The van der Waals surface area contributed by atoms with Gasteiger partial charge < -0.3 is 5.73 Å². The minimum Gasteiger partial charge on any atom is -0.327 e. The van der Waals surface area contributed by atoms with Crippen LogP contribution in [0.1, 0.15) is 34.6 Å². The van der Waals surface area contributed by atoms with Crippen molar-refractivity contribution < 1.29 is 0 Å². The molecule has 0 spiro atoms. The Balaban J connectivity index is 4.28. The molecule has 0 rings (SSSR count). The largest absolute Gasteiger partial charge is 0.327 e. The van der Waals surface area contributed by atoms with Crippen molar-refractivity contribution in [2.45, 2.75) is 40.7 Å². The minimum absolute atomic E-state index is 0.180. The summed E-state index contributed by atoms with van der Waals surface area (Å²) in [5.74, 6) is 0.362. The van der Waals surface area contributed by atoms with Crippen molar-refractivity contribution in [3.05, 3.63) is 11.8 Å². The minimum atomic E-state index is 0.180. The average Bonchev–Trinajstić information content (AvgIpc) is 1.98. The molecule has 0 fully saturated rings. The molecular weight excluding hydrogens is 148 g/mol. The molecule has 0 aromatic carbocycles. The van der Waals surface area contributed by atoms with Gasteiger partial charge >= 0.3 is 0 Å². The zero-order chi connectivity index (χ0) is 9.72. The van der Waals surface area contributed by atoms with Crippen LogP contribution in [0.5, 0.6) is 0 Å². The van der Waals surface area contributed by atoms with Crippen LogP contribution in [0.25, 0.3) is 0 Å². The van der Waals surface area contributed by atoms with Gasteiger partial charge in [-0.15, -0.1) is 0 Å². The molecule has 0 bridgehead atoms. The normalized spacial score (nSPS) is 17.0. The number of allylic oxidation sites excluding steroid dienone is 1. The first-order valence-corrected chi connectivity index (χ1v) is 4.38. The van der Waals surface area contributed by atoms with Gasteiger partial charge in [0.15, 0.2) is 0 Å². The van der Waals surface area contributed by atoms with Gasteiger partial charge in [0.05, 0.1) is 0 Å². The van der Waals surface area contributed by atoms with Gasteiger partial charge in [-0.05, 0) is 27.7 Å². The van der Waals surface area contributed by atoms with E-state index in [0.29, 0.717) is 5.92 Å². The monoisotopic (exact) mass is 168 g/mol. The quantitative estimate of drug-likeness (QED) is 0.645. The molecule has 2 nitrogen and oxygen atoms in total. The van der Waals surface area contributed by atoms with Crippen molar-refractivity contribution in [1.82, 2.24) is 0 Å². The molecule has 0 saturated heterocycles. The van der Waals surface area contributed by atoms with Crippen LogP contribution in [0.4, 0.5) is 0 Å². The van der Waals surface area contributed by atoms with Crippen LogP contribution in [0.2, 0.25) is 0 Å². The summed E-state index contributed by atoms with van der Waals surface area (Å²) in [6, 6.07) is 0.180. The highest BCUT2D eigenvalue weighted by Gasteiger charge is 2.09. The van der Waals surface area contributed by atoms with E-state index in [1.54, 1.807) is 0 Å². The van der Waals surface area contributed by atoms with Crippen molar-refractivity contribution >= 4 is 5.71 Å². The van der Waals surface area contributed by atoms with Crippen LogP contribution in [0.3, 0.4) is 0 Å². The highest BCUT2D eigenvalue weighted by molar-refractivity contribution is 5.85. The first kappa shape index (κ1) is 11.4. The topological polar surface area (TPSA) is 38.4 Å². The van der Waals surface area contributed by atoms with E-state index >= 15 is 0 Å². The third-order valence-electron chi connectivity index (χ3n) is 1.97. The van der Waals surface area contributed by atoms with E-state index in [-0.39, 0.29) is 6.04 Å². The lowest BCUT2D eigenvalue weighted by Gasteiger charge is -2.14. The van der Waals surface area contributed by atoms with E-state index < -0.39 is 0 Å². The first-order chi connectivity index (χ1) is 5.45. The van der Waals surface area contributed by atoms with Gasteiger partial charge in [-0.3, -0.25) is 4.99 Å². The molecule has 12 heavy (non-hydrogen) atoms. The van der Waals surface area contributed by atoms with Crippen molar-refractivity contribution in [3.63, 3.8) is 0 Å². The summed E-state index contributed by atoms with van der Waals surface area (Å²) in [5, 5.41) is 0. The summed E-state index contributed by atoms with van der Waals surface area (Å²) < 4.78 is 0. The molecule has 0 aromatic rings. The predicted molar refractivity (Wildman–Crippen MR) is 55.4 cm³/mol. The van der Waals surface area contributed by atoms with Crippen LogP contribution >= 0.6 is 0 Å². The molecule has 0 saturated carbocycles. The van der Waals surface area contributed by atoms with E-state index in [1.165, 1.54) is 5.57 Å². The Morgan fingerprint density at radius 2 is 1.75 bits per heavy atom. The molecule has 0 aromatic heterocycles. The fraction of sp³-hybridized carbons (Fsp3) is 0.700. The second-order valence-corrected chi connectivity index (χ2v) is 3.62. The lowest BCUT2D eigenvalue weighted by Crippen LogP contribution is -2.29. The van der Waals surface area contributed by atoms with Gasteiger partial charge in [-0.2, -0.15) is 0 Å². The van der Waals surface area contributed by atoms with Crippen LogP contribution in [0.15, 0.2) is 16.8 Å². The van der Waals surface area contributed by atoms with E-state index in [0.717, 1.165) is 5.71 Å². The number of nitrogens with zero attached hydrogens (tertiary/aromatic N) is 1. The SMILES string of the molecule is CC(C)=CN=C(C)C(C)[C@@H](C)N. The van der Waals surface area contributed by atoms with Gasteiger partial charge in [0.1, 0.15) is 0 Å². The number of rotatable bonds is 3. The second kappa shape index (κ2) is 5.09. The Morgan fingerprint density at radius 1 is 1.25 bits per heavy atom. The maximum absolute atomic E-state index is 5.74. The van der Waals surface area contributed by atoms with Crippen molar-refractivity contribution in [2.75, 3.05) is 0 Å². The lowest BCUT2D eigenvalue weighted by atomic mass is 10.00. The molecule has 70 valence electrons. The fourth-order valence-corrected chi connectivity index (χ4v) is 0.729. The Labute approximate surface area is 75.6 Å². The van der Waals surface area contributed by atoms with Crippen LogP contribution in [-0.2, 0) is 0 Å². The smallest absolute Gasteiger partial charge is 0.0253 e. The maximum Gasteiger partial charge on any atom is 0.0253 e. The van der Waals surface area contributed by atoms with Gasteiger partial charge in [-0.1, -0.05) is 12.5 Å². The Morgan fingerprint density at radius 3 is 2.08 bits per heavy atom. The van der Waals surface area contributed by atoms with Crippen LogP contribution < -0.4 is 5.73 Å². The Bertz CT molecular complexity index is 186. The molecular formula is C10H20N2. The average molecular weight is 168 g/mol. The molecule has 2 heteroatoms. The number of aliphatic imine (C=N–C) groups is 1. The molecule has 0 amide bonds.